The first-order chi connectivity index (χ1) is 27.8. The van der Waals surface area contributed by atoms with Crippen LogP contribution >= 0.6 is 0 Å². The molecule has 0 amide bonds. The standard InChI is InChI=1S/C43H75NO16.Mg.2H/c1-15-29-43(11,52)36(48)24(5)33(47)22(3)20-41(9,51)38(25(6)34(26(7)39(50)57-29)59-32-21-42(10,53-14)37(49)27(8)56-32)60-40-35(28(44(12)13)19-23(4)55-40)58-31(46)18-17-30(45)54-16-2;;;/h22-29,32,34-38,40,48-49,51-52H,15-21H2,1-14H3;;;/t22-,23-,24+,25+,26-,27+,28+,29-,32+,34+,35-,36-,37+,38-,40+,41-,42-,43-;;;/m1.../s1. The lowest BCUT2D eigenvalue weighted by atomic mass is 9.74. The zero-order chi connectivity index (χ0) is 45.7. The first kappa shape index (κ1) is 55.6. The van der Waals surface area contributed by atoms with Crippen LogP contribution < -0.4 is 0 Å². The van der Waals surface area contributed by atoms with Crippen LogP contribution in [0.2, 0.25) is 0 Å². The van der Waals surface area contributed by atoms with E-state index in [-0.39, 0.29) is 61.8 Å². The zero-order valence-corrected chi connectivity index (χ0v) is 38.2. The predicted octanol–water partition coefficient (Wildman–Crippen LogP) is 1.76. The lowest BCUT2D eigenvalue weighted by molar-refractivity contribution is -0.319. The Hall–Kier alpha value is -1.55. The maximum absolute atomic E-state index is 14.3. The molecule has 0 saturated carbocycles. The molecule has 0 spiro atoms. The van der Waals surface area contributed by atoms with Gasteiger partial charge in [-0.25, -0.2) is 0 Å². The van der Waals surface area contributed by atoms with Crippen molar-refractivity contribution in [3.63, 3.8) is 0 Å². The van der Waals surface area contributed by atoms with Gasteiger partial charge in [-0.05, 0) is 81.8 Å². The van der Waals surface area contributed by atoms with E-state index in [0.29, 0.717) is 6.42 Å². The topological polar surface area (TPSA) is 226 Å². The number of cyclic esters (lactones) is 1. The highest BCUT2D eigenvalue weighted by Crippen LogP contribution is 2.41. The van der Waals surface area contributed by atoms with Crippen LogP contribution in [0.1, 0.15) is 115 Å². The van der Waals surface area contributed by atoms with E-state index in [9.17, 15) is 39.6 Å². The Balaban J connectivity index is 0.0000128. The first-order valence-electron chi connectivity index (χ1n) is 21.5. The van der Waals surface area contributed by atoms with Gasteiger partial charge in [0.25, 0.3) is 0 Å². The first-order valence-corrected chi connectivity index (χ1v) is 21.5. The molecule has 352 valence electrons. The minimum absolute atomic E-state index is 0. The van der Waals surface area contributed by atoms with Crippen molar-refractivity contribution in [2.75, 3.05) is 27.8 Å². The highest BCUT2D eigenvalue weighted by atomic mass is 24.3. The summed E-state index contributed by atoms with van der Waals surface area (Å²) in [5.41, 5.74) is -5.06. The highest BCUT2D eigenvalue weighted by Gasteiger charge is 2.54. The summed E-state index contributed by atoms with van der Waals surface area (Å²) < 4.78 is 48.8. The smallest absolute Gasteiger partial charge is 0.316 e. The van der Waals surface area contributed by atoms with Crippen LogP contribution in [-0.2, 0) is 57.1 Å². The molecule has 3 rings (SSSR count). The van der Waals surface area contributed by atoms with Crippen LogP contribution in [0.15, 0.2) is 0 Å². The van der Waals surface area contributed by atoms with Gasteiger partial charge >= 0.3 is 41.0 Å². The number of nitrogens with zero attached hydrogens (tertiary/aromatic N) is 1. The lowest BCUT2D eigenvalue weighted by Gasteiger charge is -2.49. The van der Waals surface area contributed by atoms with Crippen molar-refractivity contribution < 1.29 is 77.5 Å². The number of likely N-dealkylation sites (N-methyl/N-ethyl adjacent to an activating group) is 1. The van der Waals surface area contributed by atoms with E-state index in [2.05, 4.69) is 0 Å². The minimum Gasteiger partial charge on any atom is -0.466 e. The third-order valence-electron chi connectivity index (χ3n) is 12.9. The van der Waals surface area contributed by atoms with Gasteiger partial charge in [0, 0.05) is 31.3 Å². The van der Waals surface area contributed by atoms with Crippen LogP contribution in [0.25, 0.3) is 0 Å². The summed E-state index contributed by atoms with van der Waals surface area (Å²) in [7, 11) is 5.09. The largest absolute Gasteiger partial charge is 0.466 e. The van der Waals surface area contributed by atoms with Gasteiger partial charge in [0.05, 0.1) is 73.1 Å². The molecule has 0 aromatic carbocycles. The molecule has 18 heteroatoms. The molecule has 18 atom stereocenters. The quantitative estimate of drug-likeness (QED) is 0.124. The monoisotopic (exact) mass is 888 g/mol. The van der Waals surface area contributed by atoms with Crippen molar-refractivity contribution in [2.24, 2.45) is 23.7 Å². The third-order valence-corrected chi connectivity index (χ3v) is 12.9. The maximum Gasteiger partial charge on any atom is 0.316 e. The van der Waals surface area contributed by atoms with Gasteiger partial charge in [-0.15, -0.1) is 0 Å². The van der Waals surface area contributed by atoms with E-state index < -0.39 is 132 Å². The number of carbonyl (C=O) groups excluding carboxylic acids is 4. The number of ether oxygens (including phenoxy) is 8. The summed E-state index contributed by atoms with van der Waals surface area (Å²) in [6, 6.07) is -0.443. The van der Waals surface area contributed by atoms with Gasteiger partial charge in [0.15, 0.2) is 18.7 Å². The summed E-state index contributed by atoms with van der Waals surface area (Å²) in [6.07, 6.45) is -11.1. The number of hydrogen-bond donors (Lipinski definition) is 4. The Kier molecular flexibility index (Phi) is 21.0. The average Bonchev–Trinajstić information content (AvgIpc) is 3.17. The molecule has 0 aromatic heterocycles. The summed E-state index contributed by atoms with van der Waals surface area (Å²) in [4.78, 5) is 55.6. The summed E-state index contributed by atoms with van der Waals surface area (Å²) in [5, 5.41) is 46.8. The number of esters is 3. The van der Waals surface area contributed by atoms with Gasteiger partial charge in [-0.2, -0.15) is 0 Å². The van der Waals surface area contributed by atoms with Crippen LogP contribution in [0.4, 0.5) is 0 Å². The fourth-order valence-electron chi connectivity index (χ4n) is 9.17. The van der Waals surface area contributed by atoms with Crippen molar-refractivity contribution in [3.05, 3.63) is 0 Å². The summed E-state index contributed by atoms with van der Waals surface area (Å²) >= 11 is 0. The molecule has 3 heterocycles. The summed E-state index contributed by atoms with van der Waals surface area (Å²) in [6.45, 7) is 17.9. The fourth-order valence-corrected chi connectivity index (χ4v) is 9.17. The molecule has 61 heavy (non-hydrogen) atoms. The van der Waals surface area contributed by atoms with E-state index >= 15 is 0 Å². The molecule has 3 aliphatic rings. The number of Topliss-reactive ketones (excluding diaryl/α,β-unsaturated/α-hetero) is 1. The number of ketones is 1. The highest BCUT2D eigenvalue weighted by molar-refractivity contribution is 5.83. The molecule has 3 saturated heterocycles. The molecule has 3 fully saturated rings. The SMILES string of the molecule is CCOC(=O)CCC(=O)O[C@H]1[C@H](O[C@@H]2[C@@H](C)[C@H](O[C@H]3C[C@@](C)(OC)[C@@H](O)[C@H](C)O3)[C@@H](C)C(=O)O[C@H](CC)[C@@](C)(O)[C@H](O)[C@@H](C)C(=O)[C@H](C)C[C@@]2(C)O)O[C@H](C)C[C@@H]1N(C)C.[MgH2]. The molecule has 3 aliphatic heterocycles. The Morgan fingerprint density at radius 3 is 2.02 bits per heavy atom. The molecule has 0 unspecified atom stereocenters. The van der Waals surface area contributed by atoms with Crippen molar-refractivity contribution >= 4 is 46.7 Å². The maximum atomic E-state index is 14.3. The number of carbonyl (C=O) groups is 4. The normalized spacial score (nSPS) is 43.1. The molecule has 17 nitrogen and oxygen atoms in total. The Labute approximate surface area is 378 Å². The minimum atomic E-state index is -2.04. The molecular formula is C43H77MgNO16. The fraction of sp³-hybridized carbons (Fsp3) is 0.907. The molecule has 0 bridgehead atoms. The Morgan fingerprint density at radius 2 is 1.46 bits per heavy atom. The van der Waals surface area contributed by atoms with Gasteiger partial charge in [0.2, 0.25) is 0 Å². The molecule has 0 aliphatic carbocycles. The van der Waals surface area contributed by atoms with Crippen LogP contribution in [0, 0.1) is 23.7 Å². The summed E-state index contributed by atoms with van der Waals surface area (Å²) in [5.74, 6) is -6.64. The van der Waals surface area contributed by atoms with Crippen LogP contribution in [0.3, 0.4) is 0 Å². The second-order valence-electron chi connectivity index (χ2n) is 18.2. The Bertz CT molecular complexity index is 1450. The van der Waals surface area contributed by atoms with Gasteiger partial charge in [-0.3, -0.25) is 19.2 Å². The van der Waals surface area contributed by atoms with Gasteiger partial charge < -0.3 is 63.2 Å². The molecule has 0 aromatic rings. The van der Waals surface area contributed by atoms with E-state index in [4.69, 9.17) is 37.9 Å². The number of hydrogen-bond acceptors (Lipinski definition) is 17. The lowest BCUT2D eigenvalue weighted by Crippen LogP contribution is -2.61. The predicted molar refractivity (Wildman–Crippen MR) is 225 cm³/mol. The van der Waals surface area contributed by atoms with E-state index in [0.717, 1.165) is 0 Å². The van der Waals surface area contributed by atoms with Crippen molar-refractivity contribution in [2.45, 2.75) is 199 Å². The number of aliphatic hydroxyl groups excluding tert-OH is 2. The van der Waals surface area contributed by atoms with Crippen molar-refractivity contribution in [1.82, 2.24) is 4.90 Å². The number of methoxy groups -OCH3 is 1. The van der Waals surface area contributed by atoms with E-state index in [1.807, 2.05) is 25.9 Å². The van der Waals surface area contributed by atoms with Gasteiger partial charge in [-0.1, -0.05) is 27.7 Å². The van der Waals surface area contributed by atoms with Crippen molar-refractivity contribution in [3.8, 4) is 0 Å². The number of rotatable bonds is 12. The zero-order valence-electron chi connectivity index (χ0n) is 38.2. The molecule has 0 radical (unpaired) electrons. The number of aliphatic hydroxyl groups is 4. The molecule has 4 N–H and O–H groups in total. The van der Waals surface area contributed by atoms with Gasteiger partial charge in [0.1, 0.15) is 23.6 Å². The average molecular weight is 888 g/mol. The van der Waals surface area contributed by atoms with Crippen LogP contribution in [0.5, 0.6) is 0 Å². The second kappa shape index (κ2) is 23.1. The molecular weight excluding hydrogens is 811 g/mol. The third kappa shape index (κ3) is 13.5. The van der Waals surface area contributed by atoms with E-state index in [1.165, 1.54) is 27.9 Å². The Morgan fingerprint density at radius 1 is 0.852 bits per heavy atom. The second-order valence-corrected chi connectivity index (χ2v) is 18.2. The van der Waals surface area contributed by atoms with Crippen molar-refractivity contribution in [1.29, 1.82) is 0 Å². The van der Waals surface area contributed by atoms with Crippen LogP contribution in [-0.4, -0.2) is 184 Å². The van der Waals surface area contributed by atoms with E-state index in [1.54, 1.807) is 48.5 Å².